The minimum Gasteiger partial charge on any atom is -0.481 e. The van der Waals surface area contributed by atoms with Gasteiger partial charge >= 0.3 is 0 Å². The zero-order valence-electron chi connectivity index (χ0n) is 14.3. The number of rotatable bonds is 6. The number of benzene rings is 2. The van der Waals surface area contributed by atoms with Crippen molar-refractivity contribution < 1.29 is 18.7 Å². The predicted molar refractivity (Wildman–Crippen MR) is 94.9 cm³/mol. The normalized spacial score (nSPS) is 11.6. The molecular formula is C19H17N3O4. The van der Waals surface area contributed by atoms with Gasteiger partial charge in [-0.3, -0.25) is 9.59 Å². The Labute approximate surface area is 150 Å². The van der Waals surface area contributed by atoms with Crippen molar-refractivity contribution in [1.29, 1.82) is 0 Å². The van der Waals surface area contributed by atoms with E-state index in [9.17, 15) is 9.59 Å². The molecule has 26 heavy (non-hydrogen) atoms. The van der Waals surface area contributed by atoms with Crippen molar-refractivity contribution in [2.24, 2.45) is 0 Å². The van der Waals surface area contributed by atoms with E-state index in [0.717, 1.165) is 5.56 Å². The highest BCUT2D eigenvalue weighted by Gasteiger charge is 2.15. The average molecular weight is 351 g/mol. The molecule has 0 unspecified atom stereocenters. The maximum Gasteiger partial charge on any atom is 0.265 e. The molecule has 0 aliphatic heterocycles. The van der Waals surface area contributed by atoms with E-state index in [4.69, 9.17) is 9.15 Å². The van der Waals surface area contributed by atoms with Gasteiger partial charge in [0.2, 0.25) is 12.3 Å². The van der Waals surface area contributed by atoms with Crippen LogP contribution in [0.15, 0.2) is 59.3 Å². The molecule has 7 nitrogen and oxygen atoms in total. The molecule has 0 spiro atoms. The summed E-state index contributed by atoms with van der Waals surface area (Å²) in [4.78, 5) is 23.7. The molecule has 7 heteroatoms. The number of carbonyl (C=O) groups excluding carboxylic acids is 2. The quantitative estimate of drug-likeness (QED) is 0.685. The summed E-state index contributed by atoms with van der Waals surface area (Å²) in [5.41, 5.74) is 1.84. The second-order valence-corrected chi connectivity index (χ2v) is 5.65. The lowest BCUT2D eigenvalue weighted by atomic mass is 10.1. The zero-order valence-corrected chi connectivity index (χ0v) is 14.3. The molecule has 0 fully saturated rings. The number of anilines is 1. The van der Waals surface area contributed by atoms with Gasteiger partial charge in [0.15, 0.2) is 11.9 Å². The summed E-state index contributed by atoms with van der Waals surface area (Å²) in [5, 5.41) is 10.2. The second-order valence-electron chi connectivity index (χ2n) is 5.65. The van der Waals surface area contributed by atoms with Crippen LogP contribution < -0.4 is 10.1 Å². The van der Waals surface area contributed by atoms with Crippen LogP contribution in [0.25, 0.3) is 11.5 Å². The van der Waals surface area contributed by atoms with Gasteiger partial charge in [-0.1, -0.05) is 12.1 Å². The second kappa shape index (κ2) is 7.60. The summed E-state index contributed by atoms with van der Waals surface area (Å²) in [6.07, 6.45) is 0.540. The Morgan fingerprint density at radius 2 is 1.92 bits per heavy atom. The first-order chi connectivity index (χ1) is 12.5. The lowest BCUT2D eigenvalue weighted by Gasteiger charge is -2.15. The standard InChI is InChI=1S/C19H17N3O4/c1-12(23)15-4-3-5-16(10-15)21-18(24)13(2)26-17-8-6-14(7-9-17)19-22-20-11-25-19/h3-11,13H,1-2H3,(H,21,24)/t13-/m1/s1. The average Bonchev–Trinajstić information content (AvgIpc) is 3.17. The Hall–Kier alpha value is -3.48. The number of hydrogen-bond donors (Lipinski definition) is 1. The number of Topliss-reactive ketones (excluding diaryl/α,β-unsaturated/α-hetero) is 1. The molecule has 0 bridgehead atoms. The monoisotopic (exact) mass is 351 g/mol. The van der Waals surface area contributed by atoms with Crippen molar-refractivity contribution in [1.82, 2.24) is 10.2 Å². The molecule has 132 valence electrons. The lowest BCUT2D eigenvalue weighted by Crippen LogP contribution is -2.30. The van der Waals surface area contributed by atoms with Crippen molar-refractivity contribution in [2.75, 3.05) is 5.32 Å². The van der Waals surface area contributed by atoms with E-state index in [2.05, 4.69) is 15.5 Å². The molecule has 0 aliphatic rings. The van der Waals surface area contributed by atoms with E-state index in [-0.39, 0.29) is 11.7 Å². The zero-order chi connectivity index (χ0) is 18.5. The van der Waals surface area contributed by atoms with Gasteiger partial charge in [-0.15, -0.1) is 10.2 Å². The van der Waals surface area contributed by atoms with Gasteiger partial charge in [0.05, 0.1) is 0 Å². The Morgan fingerprint density at radius 3 is 2.58 bits per heavy atom. The first-order valence-electron chi connectivity index (χ1n) is 7.98. The summed E-state index contributed by atoms with van der Waals surface area (Å²) >= 11 is 0. The number of ketones is 1. The smallest absolute Gasteiger partial charge is 0.265 e. The van der Waals surface area contributed by atoms with Crippen LogP contribution in [0, 0.1) is 0 Å². The lowest BCUT2D eigenvalue weighted by molar-refractivity contribution is -0.122. The summed E-state index contributed by atoms with van der Waals surface area (Å²) in [5.74, 6) is 0.569. The van der Waals surface area contributed by atoms with Crippen LogP contribution in [-0.4, -0.2) is 28.0 Å². The highest BCUT2D eigenvalue weighted by Crippen LogP contribution is 2.21. The SMILES string of the molecule is CC(=O)c1cccc(NC(=O)[C@@H](C)Oc2ccc(-c3nnco3)cc2)c1. The maximum absolute atomic E-state index is 12.3. The first kappa shape index (κ1) is 17.3. The molecule has 1 atom stereocenters. The number of nitrogens with one attached hydrogen (secondary N) is 1. The third kappa shape index (κ3) is 4.13. The van der Waals surface area contributed by atoms with Gasteiger partial charge in [-0.05, 0) is 50.2 Å². The minimum absolute atomic E-state index is 0.0632. The van der Waals surface area contributed by atoms with Crippen LogP contribution in [0.4, 0.5) is 5.69 Å². The van der Waals surface area contributed by atoms with Crippen LogP contribution in [0.5, 0.6) is 5.75 Å². The Morgan fingerprint density at radius 1 is 1.15 bits per heavy atom. The van der Waals surface area contributed by atoms with Gasteiger partial charge in [-0.2, -0.15) is 0 Å². The van der Waals surface area contributed by atoms with Crippen LogP contribution in [0.2, 0.25) is 0 Å². The van der Waals surface area contributed by atoms with Gasteiger partial charge in [0.1, 0.15) is 5.75 Å². The molecule has 1 N–H and O–H groups in total. The molecule has 1 amide bonds. The topological polar surface area (TPSA) is 94.3 Å². The highest BCUT2D eigenvalue weighted by molar-refractivity contribution is 5.98. The summed E-state index contributed by atoms with van der Waals surface area (Å²) in [7, 11) is 0. The van der Waals surface area contributed by atoms with E-state index < -0.39 is 6.10 Å². The van der Waals surface area contributed by atoms with Crippen molar-refractivity contribution in [3.05, 3.63) is 60.5 Å². The summed E-state index contributed by atoms with van der Waals surface area (Å²) < 4.78 is 10.8. The van der Waals surface area contributed by atoms with Crippen LogP contribution in [0.3, 0.4) is 0 Å². The van der Waals surface area contributed by atoms with Gasteiger partial charge in [-0.25, -0.2) is 0 Å². The molecule has 0 saturated carbocycles. The Balaban J connectivity index is 1.62. The molecule has 3 rings (SSSR count). The summed E-state index contributed by atoms with van der Waals surface area (Å²) in [6.45, 7) is 3.13. The molecule has 3 aromatic rings. The van der Waals surface area contributed by atoms with E-state index in [1.165, 1.54) is 13.3 Å². The van der Waals surface area contributed by atoms with E-state index in [0.29, 0.717) is 22.9 Å². The fourth-order valence-electron chi connectivity index (χ4n) is 2.29. The largest absolute Gasteiger partial charge is 0.481 e. The van der Waals surface area contributed by atoms with E-state index >= 15 is 0 Å². The van der Waals surface area contributed by atoms with Crippen LogP contribution in [0.1, 0.15) is 24.2 Å². The summed E-state index contributed by atoms with van der Waals surface area (Å²) in [6, 6.07) is 13.7. The fourth-order valence-corrected chi connectivity index (χ4v) is 2.29. The van der Waals surface area contributed by atoms with Crippen molar-refractivity contribution in [2.45, 2.75) is 20.0 Å². The number of nitrogens with zero attached hydrogens (tertiary/aromatic N) is 2. The van der Waals surface area contributed by atoms with Gasteiger partial charge < -0.3 is 14.5 Å². The van der Waals surface area contributed by atoms with E-state index in [1.54, 1.807) is 55.5 Å². The number of ether oxygens (including phenoxy) is 1. The van der Waals surface area contributed by atoms with Crippen molar-refractivity contribution >= 4 is 17.4 Å². The third-order valence-electron chi connectivity index (χ3n) is 3.68. The number of hydrogen-bond acceptors (Lipinski definition) is 6. The van der Waals surface area contributed by atoms with Crippen molar-refractivity contribution in [3.8, 4) is 17.2 Å². The highest BCUT2D eigenvalue weighted by atomic mass is 16.5. The Bertz CT molecular complexity index is 905. The van der Waals surface area contributed by atoms with Gasteiger partial charge in [0.25, 0.3) is 5.91 Å². The number of amides is 1. The molecule has 1 heterocycles. The fraction of sp³-hybridized carbons (Fsp3) is 0.158. The van der Waals surface area contributed by atoms with Crippen LogP contribution >= 0.6 is 0 Å². The van der Waals surface area contributed by atoms with E-state index in [1.807, 2.05) is 0 Å². The van der Waals surface area contributed by atoms with Crippen molar-refractivity contribution in [3.63, 3.8) is 0 Å². The molecule has 1 aromatic heterocycles. The van der Waals surface area contributed by atoms with Gasteiger partial charge in [0, 0.05) is 16.8 Å². The number of carbonyl (C=O) groups is 2. The molecule has 0 aliphatic carbocycles. The minimum atomic E-state index is -0.717. The molecule has 2 aromatic carbocycles. The maximum atomic E-state index is 12.3. The first-order valence-corrected chi connectivity index (χ1v) is 7.98. The Kier molecular flexibility index (Phi) is 5.07. The molecule has 0 radical (unpaired) electrons. The molecular weight excluding hydrogens is 334 g/mol. The molecule has 0 saturated heterocycles. The van der Waals surface area contributed by atoms with Crippen LogP contribution in [-0.2, 0) is 4.79 Å². The predicted octanol–water partition coefficient (Wildman–Crippen LogP) is 3.35. The third-order valence-corrected chi connectivity index (χ3v) is 3.68. The number of aromatic nitrogens is 2.